The molecule has 1 aromatic carbocycles. The zero-order valence-electron chi connectivity index (χ0n) is 20.0. The first-order chi connectivity index (χ1) is 15.9. The topological polar surface area (TPSA) is 101 Å². The number of amides is 2. The van der Waals surface area contributed by atoms with Crippen molar-refractivity contribution in [2.75, 3.05) is 12.3 Å². The van der Waals surface area contributed by atoms with Crippen LogP contribution in [0.2, 0.25) is 5.02 Å². The summed E-state index contributed by atoms with van der Waals surface area (Å²) in [5, 5.41) is 3.39. The van der Waals surface area contributed by atoms with E-state index in [1.165, 1.54) is 16.3 Å². The van der Waals surface area contributed by atoms with Crippen molar-refractivity contribution in [2.45, 2.75) is 57.7 Å². The third kappa shape index (κ3) is 6.77. The Morgan fingerprint density at radius 2 is 1.91 bits per heavy atom. The molecule has 3 rings (SSSR count). The largest absolute Gasteiger partial charge is 0.444 e. The molecular weight excluding hydrogens is 476 g/mol. The molecule has 0 saturated carbocycles. The van der Waals surface area contributed by atoms with Crippen molar-refractivity contribution < 1.29 is 14.3 Å². The van der Waals surface area contributed by atoms with E-state index in [0.29, 0.717) is 39.3 Å². The van der Waals surface area contributed by atoms with Crippen LogP contribution >= 0.6 is 23.4 Å². The molecule has 0 unspecified atom stereocenters. The molecule has 2 aromatic rings. The number of hydrazine groups is 1. The van der Waals surface area contributed by atoms with Gasteiger partial charge in [-0.05, 0) is 44.4 Å². The van der Waals surface area contributed by atoms with Crippen molar-refractivity contribution in [2.24, 2.45) is 5.92 Å². The Labute approximate surface area is 208 Å². The van der Waals surface area contributed by atoms with Crippen LogP contribution < -0.4 is 21.7 Å². The van der Waals surface area contributed by atoms with E-state index in [4.69, 9.17) is 16.3 Å². The van der Waals surface area contributed by atoms with Crippen LogP contribution in [0.4, 0.5) is 4.79 Å². The molecule has 8 nitrogen and oxygen atoms in total. The summed E-state index contributed by atoms with van der Waals surface area (Å²) in [6.45, 7) is 10.2. The first-order valence-corrected chi connectivity index (χ1v) is 12.5. The summed E-state index contributed by atoms with van der Waals surface area (Å²) >= 11 is 7.36. The van der Waals surface area contributed by atoms with Crippen LogP contribution in [0.15, 0.2) is 40.2 Å². The number of aromatic nitrogens is 1. The lowest BCUT2D eigenvalue weighted by Crippen LogP contribution is -2.41. The molecule has 0 saturated heterocycles. The van der Waals surface area contributed by atoms with Gasteiger partial charge in [-0.25, -0.2) is 10.2 Å². The maximum absolute atomic E-state index is 13.5. The summed E-state index contributed by atoms with van der Waals surface area (Å²) in [4.78, 5) is 39.5. The average molecular weight is 507 g/mol. The van der Waals surface area contributed by atoms with Gasteiger partial charge in [0.2, 0.25) is 0 Å². The highest BCUT2D eigenvalue weighted by Gasteiger charge is 2.34. The Kier molecular flexibility index (Phi) is 8.33. The van der Waals surface area contributed by atoms with Gasteiger partial charge in [0.1, 0.15) is 5.60 Å². The average Bonchev–Trinajstić information content (AvgIpc) is 3.13. The second-order valence-electron chi connectivity index (χ2n) is 9.58. The summed E-state index contributed by atoms with van der Waals surface area (Å²) in [7, 11) is 0. The standard InChI is InChI=1S/C24H31ClN4O4S/c1-14(2)10-26-28-21(30)17-12-29(11-15-6-8-16(25)9-7-15)22(31)19-18(13-34-20(17)19)27-23(32)33-24(3,4)5/h6-9,12,14,18,26H,10-11,13H2,1-5H3,(H,27,32)(H,28,30)/t18-/m0/s1. The molecule has 0 aliphatic carbocycles. The molecule has 2 amide bonds. The predicted octanol–water partition coefficient (Wildman–Crippen LogP) is 4.11. The normalized spacial score (nSPS) is 15.2. The molecule has 0 spiro atoms. The van der Waals surface area contributed by atoms with Crippen LogP contribution in [0.5, 0.6) is 0 Å². The number of ether oxygens (including phenoxy) is 1. The number of hydrogen-bond acceptors (Lipinski definition) is 6. The number of benzene rings is 1. The zero-order valence-corrected chi connectivity index (χ0v) is 21.6. The van der Waals surface area contributed by atoms with Crippen molar-refractivity contribution >= 4 is 35.4 Å². The fourth-order valence-electron chi connectivity index (χ4n) is 3.41. The maximum Gasteiger partial charge on any atom is 0.408 e. The monoisotopic (exact) mass is 506 g/mol. The van der Waals surface area contributed by atoms with Crippen LogP contribution in [0.25, 0.3) is 0 Å². The van der Waals surface area contributed by atoms with E-state index in [0.717, 1.165) is 5.56 Å². The molecule has 0 bridgehead atoms. The van der Waals surface area contributed by atoms with E-state index in [-0.39, 0.29) is 18.0 Å². The number of nitrogens with zero attached hydrogens (tertiary/aromatic N) is 1. The van der Waals surface area contributed by atoms with Crippen molar-refractivity contribution in [1.29, 1.82) is 0 Å². The highest BCUT2D eigenvalue weighted by molar-refractivity contribution is 7.99. The summed E-state index contributed by atoms with van der Waals surface area (Å²) < 4.78 is 6.87. The van der Waals surface area contributed by atoms with E-state index < -0.39 is 17.7 Å². The van der Waals surface area contributed by atoms with Crippen LogP contribution in [0.1, 0.15) is 62.1 Å². The number of thioether (sulfide) groups is 1. The summed E-state index contributed by atoms with van der Waals surface area (Å²) in [6.07, 6.45) is 0.966. The fourth-order valence-corrected chi connectivity index (χ4v) is 4.81. The summed E-state index contributed by atoms with van der Waals surface area (Å²) in [5.74, 6) is 0.433. The lowest BCUT2D eigenvalue weighted by molar-refractivity contribution is 0.0508. The summed E-state index contributed by atoms with van der Waals surface area (Å²) in [6, 6.07) is 6.59. The lowest BCUT2D eigenvalue weighted by atomic mass is 10.1. The van der Waals surface area contributed by atoms with Gasteiger partial charge in [-0.1, -0.05) is 37.6 Å². The highest BCUT2D eigenvalue weighted by atomic mass is 35.5. The number of halogens is 1. The molecule has 34 heavy (non-hydrogen) atoms. The van der Waals surface area contributed by atoms with E-state index in [2.05, 4.69) is 16.2 Å². The van der Waals surface area contributed by atoms with Crippen LogP contribution in [0, 0.1) is 5.92 Å². The van der Waals surface area contributed by atoms with Crippen LogP contribution in [-0.2, 0) is 11.3 Å². The summed E-state index contributed by atoms with van der Waals surface area (Å²) in [5.41, 5.74) is 6.34. The number of pyridine rings is 1. The van der Waals surface area contributed by atoms with Crippen LogP contribution in [0.3, 0.4) is 0 Å². The van der Waals surface area contributed by atoms with Crippen LogP contribution in [-0.4, -0.2) is 34.5 Å². The number of carbonyl (C=O) groups is 2. The smallest absolute Gasteiger partial charge is 0.408 e. The molecule has 1 aliphatic rings. The van der Waals surface area contributed by atoms with Gasteiger partial charge in [-0.2, -0.15) is 0 Å². The van der Waals surface area contributed by atoms with E-state index >= 15 is 0 Å². The van der Waals surface area contributed by atoms with Gasteiger partial charge >= 0.3 is 6.09 Å². The number of alkyl carbamates (subject to hydrolysis) is 1. The molecule has 10 heteroatoms. The van der Waals surface area contributed by atoms with Gasteiger partial charge in [-0.3, -0.25) is 15.0 Å². The van der Waals surface area contributed by atoms with Gasteiger partial charge in [0.15, 0.2) is 0 Å². The molecule has 1 aliphatic heterocycles. The number of fused-ring (bicyclic) bond motifs is 1. The number of nitrogens with one attached hydrogen (secondary N) is 3. The second kappa shape index (κ2) is 10.8. The van der Waals surface area contributed by atoms with Gasteiger partial charge in [0.25, 0.3) is 11.5 Å². The highest BCUT2D eigenvalue weighted by Crippen LogP contribution is 2.38. The SMILES string of the molecule is CC(C)CNNC(=O)c1cn(Cc2ccc(Cl)cc2)c(=O)c2c1SC[C@@H]2NC(=O)OC(C)(C)C. The molecule has 0 radical (unpaired) electrons. The Morgan fingerprint density at radius 1 is 1.24 bits per heavy atom. The third-order valence-electron chi connectivity index (χ3n) is 4.92. The molecule has 1 aromatic heterocycles. The Morgan fingerprint density at radius 3 is 2.53 bits per heavy atom. The zero-order chi connectivity index (χ0) is 25.0. The molecular formula is C24H31ClN4O4S. The van der Waals surface area contributed by atoms with E-state index in [9.17, 15) is 14.4 Å². The van der Waals surface area contributed by atoms with Gasteiger partial charge in [0.05, 0.1) is 23.7 Å². The second-order valence-corrected chi connectivity index (χ2v) is 11.1. The lowest BCUT2D eigenvalue weighted by Gasteiger charge is -2.22. The van der Waals surface area contributed by atoms with Crippen molar-refractivity contribution in [3.8, 4) is 0 Å². The molecule has 3 N–H and O–H groups in total. The third-order valence-corrected chi connectivity index (χ3v) is 6.40. The minimum Gasteiger partial charge on any atom is -0.444 e. The molecule has 184 valence electrons. The number of carbonyl (C=O) groups excluding carboxylic acids is 2. The fraction of sp³-hybridized carbons (Fsp3) is 0.458. The number of hydrogen-bond donors (Lipinski definition) is 3. The Balaban J connectivity index is 1.97. The minimum absolute atomic E-state index is 0.257. The maximum atomic E-state index is 13.5. The number of rotatable bonds is 7. The van der Waals surface area contributed by atoms with Crippen molar-refractivity contribution in [1.82, 2.24) is 20.7 Å². The predicted molar refractivity (Wildman–Crippen MR) is 134 cm³/mol. The quantitative estimate of drug-likeness (QED) is 0.488. The van der Waals surface area contributed by atoms with Gasteiger partial charge in [-0.15, -0.1) is 11.8 Å². The minimum atomic E-state index is -0.669. The Bertz CT molecular complexity index is 1110. The first kappa shape index (κ1) is 26.1. The van der Waals surface area contributed by atoms with Crippen molar-refractivity contribution in [3.05, 3.63) is 62.5 Å². The van der Waals surface area contributed by atoms with Gasteiger partial charge < -0.3 is 14.6 Å². The molecule has 1 atom stereocenters. The van der Waals surface area contributed by atoms with E-state index in [1.54, 1.807) is 39.1 Å². The molecule has 0 fully saturated rings. The first-order valence-electron chi connectivity index (χ1n) is 11.1. The van der Waals surface area contributed by atoms with Gasteiger partial charge in [0, 0.05) is 28.4 Å². The van der Waals surface area contributed by atoms with Crippen molar-refractivity contribution in [3.63, 3.8) is 0 Å². The Hall–Kier alpha value is -2.49. The molecule has 2 heterocycles. The van der Waals surface area contributed by atoms with E-state index in [1.807, 2.05) is 26.0 Å².